The van der Waals surface area contributed by atoms with E-state index in [1.54, 1.807) is 0 Å². The zero-order chi connectivity index (χ0) is 16.8. The SMILES string of the molecule is CCC[C@@H](c1nnnn1CCc1ccccc1)N1CCN(C)CC1. The average molecular weight is 328 g/mol. The number of aromatic nitrogens is 4. The first-order chi connectivity index (χ1) is 11.8. The van der Waals surface area contributed by atoms with Gasteiger partial charge < -0.3 is 4.90 Å². The summed E-state index contributed by atoms with van der Waals surface area (Å²) in [5.74, 6) is 1.03. The second kappa shape index (κ2) is 8.35. The number of hydrogen-bond donors (Lipinski definition) is 0. The fourth-order valence-electron chi connectivity index (χ4n) is 3.37. The standard InChI is InChI=1S/C18H28N6/c1-3-7-17(23-14-12-22(2)13-15-23)18-19-20-21-24(18)11-10-16-8-5-4-6-9-16/h4-6,8-9,17H,3,7,10-15H2,1-2H3/t17-/m0/s1. The summed E-state index contributed by atoms with van der Waals surface area (Å²) in [5, 5.41) is 12.6. The molecule has 6 heteroatoms. The number of hydrogen-bond acceptors (Lipinski definition) is 5. The predicted molar refractivity (Wildman–Crippen MR) is 94.7 cm³/mol. The molecule has 1 aliphatic rings. The molecule has 1 atom stereocenters. The molecule has 0 spiro atoms. The third-order valence-electron chi connectivity index (χ3n) is 4.85. The molecule has 1 fully saturated rings. The van der Waals surface area contributed by atoms with E-state index in [9.17, 15) is 0 Å². The molecule has 24 heavy (non-hydrogen) atoms. The first-order valence-corrected chi connectivity index (χ1v) is 9.00. The summed E-state index contributed by atoms with van der Waals surface area (Å²) in [6.45, 7) is 7.48. The minimum absolute atomic E-state index is 0.328. The van der Waals surface area contributed by atoms with E-state index < -0.39 is 0 Å². The van der Waals surface area contributed by atoms with E-state index in [4.69, 9.17) is 0 Å². The van der Waals surface area contributed by atoms with Crippen LogP contribution in [0.4, 0.5) is 0 Å². The van der Waals surface area contributed by atoms with Gasteiger partial charge in [-0.1, -0.05) is 43.7 Å². The summed E-state index contributed by atoms with van der Waals surface area (Å²) < 4.78 is 2.01. The van der Waals surface area contributed by atoms with Crippen molar-refractivity contribution in [2.75, 3.05) is 33.2 Å². The van der Waals surface area contributed by atoms with Crippen LogP contribution in [0.15, 0.2) is 30.3 Å². The highest BCUT2D eigenvalue weighted by Gasteiger charge is 2.27. The van der Waals surface area contributed by atoms with Gasteiger partial charge in [-0.05, 0) is 35.9 Å². The van der Waals surface area contributed by atoms with Crippen molar-refractivity contribution in [3.8, 4) is 0 Å². The Morgan fingerprint density at radius 2 is 1.83 bits per heavy atom. The van der Waals surface area contributed by atoms with Crippen LogP contribution in [0.5, 0.6) is 0 Å². The van der Waals surface area contributed by atoms with Crippen molar-refractivity contribution >= 4 is 0 Å². The molecule has 3 rings (SSSR count). The lowest BCUT2D eigenvalue weighted by Gasteiger charge is -2.37. The Morgan fingerprint density at radius 1 is 1.08 bits per heavy atom. The Labute approximate surface area is 144 Å². The molecule has 130 valence electrons. The fourth-order valence-corrected chi connectivity index (χ4v) is 3.37. The van der Waals surface area contributed by atoms with Crippen LogP contribution in [-0.2, 0) is 13.0 Å². The minimum Gasteiger partial charge on any atom is -0.304 e. The van der Waals surface area contributed by atoms with Gasteiger partial charge in [0, 0.05) is 32.7 Å². The van der Waals surface area contributed by atoms with Gasteiger partial charge in [-0.2, -0.15) is 0 Å². The molecule has 1 aromatic heterocycles. The molecule has 2 aromatic rings. The molecule has 0 bridgehead atoms. The van der Waals surface area contributed by atoms with E-state index in [0.717, 1.165) is 57.8 Å². The number of tetrazole rings is 1. The second-order valence-electron chi connectivity index (χ2n) is 6.64. The van der Waals surface area contributed by atoms with Crippen molar-refractivity contribution in [2.45, 2.75) is 38.8 Å². The Morgan fingerprint density at radius 3 is 2.54 bits per heavy atom. The third-order valence-corrected chi connectivity index (χ3v) is 4.85. The molecule has 0 amide bonds. The van der Waals surface area contributed by atoms with E-state index in [0.29, 0.717) is 6.04 Å². The van der Waals surface area contributed by atoms with Crippen LogP contribution < -0.4 is 0 Å². The highest BCUT2D eigenvalue weighted by molar-refractivity contribution is 5.14. The van der Waals surface area contributed by atoms with E-state index in [2.05, 4.69) is 69.6 Å². The van der Waals surface area contributed by atoms with Gasteiger partial charge in [0.2, 0.25) is 0 Å². The van der Waals surface area contributed by atoms with E-state index in [1.807, 2.05) is 4.68 Å². The third kappa shape index (κ3) is 4.19. The summed E-state index contributed by atoms with van der Waals surface area (Å²) in [4.78, 5) is 4.94. The molecular formula is C18H28N6. The summed E-state index contributed by atoms with van der Waals surface area (Å²) in [6.07, 6.45) is 3.21. The first kappa shape index (κ1) is 17.0. The number of piperazine rings is 1. The Kier molecular flexibility index (Phi) is 5.93. The first-order valence-electron chi connectivity index (χ1n) is 9.00. The Bertz CT molecular complexity index is 603. The summed E-state index contributed by atoms with van der Waals surface area (Å²) in [6, 6.07) is 10.9. The minimum atomic E-state index is 0.328. The van der Waals surface area contributed by atoms with Crippen LogP contribution in [0.3, 0.4) is 0 Å². The van der Waals surface area contributed by atoms with Gasteiger partial charge >= 0.3 is 0 Å². The molecule has 0 saturated carbocycles. The number of benzene rings is 1. The number of aryl methyl sites for hydroxylation is 2. The van der Waals surface area contributed by atoms with Gasteiger partial charge in [0.25, 0.3) is 0 Å². The van der Waals surface area contributed by atoms with Crippen LogP contribution in [0.1, 0.15) is 37.2 Å². The second-order valence-corrected chi connectivity index (χ2v) is 6.64. The fraction of sp³-hybridized carbons (Fsp3) is 0.611. The lowest BCUT2D eigenvalue weighted by atomic mass is 10.1. The highest BCUT2D eigenvalue weighted by atomic mass is 15.5. The van der Waals surface area contributed by atoms with Crippen molar-refractivity contribution < 1.29 is 0 Å². The van der Waals surface area contributed by atoms with Gasteiger partial charge in [0.05, 0.1) is 6.04 Å². The molecule has 1 aliphatic heterocycles. The maximum absolute atomic E-state index is 4.39. The molecule has 0 aliphatic carbocycles. The smallest absolute Gasteiger partial charge is 0.168 e. The maximum atomic E-state index is 4.39. The number of rotatable bonds is 7. The van der Waals surface area contributed by atoms with E-state index in [1.165, 1.54) is 5.56 Å². The molecule has 0 radical (unpaired) electrons. The summed E-state index contributed by atoms with van der Waals surface area (Å²) >= 11 is 0. The van der Waals surface area contributed by atoms with Gasteiger partial charge in [-0.3, -0.25) is 4.90 Å². The average Bonchev–Trinajstić information content (AvgIpc) is 3.08. The molecular weight excluding hydrogens is 300 g/mol. The maximum Gasteiger partial charge on any atom is 0.168 e. The van der Waals surface area contributed by atoms with Crippen LogP contribution in [0, 0.1) is 0 Å². The van der Waals surface area contributed by atoms with Crippen LogP contribution >= 0.6 is 0 Å². The lowest BCUT2D eigenvalue weighted by Crippen LogP contribution is -2.46. The molecule has 2 heterocycles. The quantitative estimate of drug-likeness (QED) is 0.778. The topological polar surface area (TPSA) is 50.1 Å². The van der Waals surface area contributed by atoms with Crippen LogP contribution in [-0.4, -0.2) is 63.2 Å². The van der Waals surface area contributed by atoms with Crippen molar-refractivity contribution in [2.24, 2.45) is 0 Å². The summed E-state index contributed by atoms with van der Waals surface area (Å²) in [7, 11) is 2.19. The van der Waals surface area contributed by atoms with E-state index >= 15 is 0 Å². The molecule has 1 aromatic carbocycles. The van der Waals surface area contributed by atoms with Gasteiger partial charge in [-0.15, -0.1) is 5.10 Å². The molecule has 6 nitrogen and oxygen atoms in total. The number of nitrogens with zero attached hydrogens (tertiary/aromatic N) is 6. The Hall–Kier alpha value is -1.79. The van der Waals surface area contributed by atoms with Crippen LogP contribution in [0.25, 0.3) is 0 Å². The molecule has 1 saturated heterocycles. The monoisotopic (exact) mass is 328 g/mol. The van der Waals surface area contributed by atoms with Gasteiger partial charge in [0.15, 0.2) is 5.82 Å². The van der Waals surface area contributed by atoms with Crippen molar-refractivity contribution in [3.63, 3.8) is 0 Å². The zero-order valence-electron chi connectivity index (χ0n) is 14.8. The summed E-state index contributed by atoms with van der Waals surface area (Å²) in [5.41, 5.74) is 1.32. The zero-order valence-corrected chi connectivity index (χ0v) is 14.8. The normalized spacial score (nSPS) is 17.9. The van der Waals surface area contributed by atoms with Crippen molar-refractivity contribution in [1.82, 2.24) is 30.0 Å². The highest BCUT2D eigenvalue weighted by Crippen LogP contribution is 2.25. The Balaban J connectivity index is 1.70. The van der Waals surface area contributed by atoms with Gasteiger partial charge in [-0.25, -0.2) is 4.68 Å². The van der Waals surface area contributed by atoms with E-state index in [-0.39, 0.29) is 0 Å². The largest absolute Gasteiger partial charge is 0.304 e. The van der Waals surface area contributed by atoms with Crippen LogP contribution in [0.2, 0.25) is 0 Å². The molecule has 0 unspecified atom stereocenters. The molecule has 0 N–H and O–H groups in total. The predicted octanol–water partition coefficient (Wildman–Crippen LogP) is 2.00. The van der Waals surface area contributed by atoms with Crippen molar-refractivity contribution in [1.29, 1.82) is 0 Å². The van der Waals surface area contributed by atoms with Crippen molar-refractivity contribution in [3.05, 3.63) is 41.7 Å². The lowest BCUT2D eigenvalue weighted by molar-refractivity contribution is 0.0994. The number of likely N-dealkylation sites (N-methyl/N-ethyl adjacent to an activating group) is 1. The van der Waals surface area contributed by atoms with Gasteiger partial charge in [0.1, 0.15) is 0 Å².